The number of piperidine rings is 1. The zero-order valence-corrected chi connectivity index (χ0v) is 21.4. The molecule has 2 aliphatic heterocycles. The van der Waals surface area contributed by atoms with Gasteiger partial charge in [0, 0.05) is 43.2 Å². The molecule has 0 amide bonds. The molecular weight excluding hydrogens is 462 g/mol. The third-order valence-corrected chi connectivity index (χ3v) is 8.05. The first-order chi connectivity index (χ1) is 18.1. The number of carbonyl (C=O) groups excluding carboxylic acids is 1. The Morgan fingerprint density at radius 3 is 2.73 bits per heavy atom. The third-order valence-electron chi connectivity index (χ3n) is 8.05. The van der Waals surface area contributed by atoms with Gasteiger partial charge in [-0.05, 0) is 75.2 Å². The number of fused-ring (bicyclic) bond motifs is 2. The fourth-order valence-electron chi connectivity index (χ4n) is 5.80. The minimum absolute atomic E-state index is 0.00587. The Labute approximate surface area is 217 Å². The van der Waals surface area contributed by atoms with Gasteiger partial charge in [0.05, 0.1) is 40.6 Å². The van der Waals surface area contributed by atoms with Gasteiger partial charge in [-0.15, -0.1) is 5.73 Å². The maximum atomic E-state index is 13.3. The van der Waals surface area contributed by atoms with Gasteiger partial charge in [0.1, 0.15) is 0 Å². The maximum Gasteiger partial charge on any atom is 0.169 e. The number of ether oxygens (including phenoxy) is 1. The summed E-state index contributed by atoms with van der Waals surface area (Å²) in [6.45, 7) is 7.42. The molecule has 1 N–H and O–H groups in total. The average molecular weight is 496 g/mol. The van der Waals surface area contributed by atoms with Gasteiger partial charge in [0.15, 0.2) is 5.78 Å². The summed E-state index contributed by atoms with van der Waals surface area (Å²) in [7, 11) is 2.17. The van der Waals surface area contributed by atoms with Crippen molar-refractivity contribution in [1.29, 1.82) is 0 Å². The molecular formula is C30H33N5O2. The van der Waals surface area contributed by atoms with Crippen LogP contribution in [0, 0.1) is 11.8 Å². The Kier molecular flexibility index (Phi) is 6.51. The summed E-state index contributed by atoms with van der Waals surface area (Å²) in [5.41, 5.74) is 11.1. The Balaban J connectivity index is 1.27. The van der Waals surface area contributed by atoms with E-state index in [0.29, 0.717) is 24.7 Å². The number of pyridine rings is 2. The van der Waals surface area contributed by atoms with E-state index < -0.39 is 0 Å². The van der Waals surface area contributed by atoms with Gasteiger partial charge in [-0.3, -0.25) is 9.78 Å². The summed E-state index contributed by atoms with van der Waals surface area (Å²) in [6, 6.07) is 6.34. The van der Waals surface area contributed by atoms with Crippen molar-refractivity contribution in [3.63, 3.8) is 0 Å². The Hall–Kier alpha value is -3.51. The molecule has 3 aromatic rings. The maximum absolute atomic E-state index is 13.3. The van der Waals surface area contributed by atoms with Gasteiger partial charge in [-0.2, -0.15) is 5.10 Å². The lowest BCUT2D eigenvalue weighted by molar-refractivity contribution is 0.0546. The van der Waals surface area contributed by atoms with E-state index in [1.807, 2.05) is 12.4 Å². The Bertz CT molecular complexity index is 1420. The number of hydrogen-bond acceptors (Lipinski definition) is 6. The highest BCUT2D eigenvalue weighted by Gasteiger charge is 2.26. The van der Waals surface area contributed by atoms with Crippen molar-refractivity contribution in [1.82, 2.24) is 19.5 Å². The standard InChI is InChI=1S/C30H33N5O2/c1-3-27(20-6-11-34(2)12-7-20)33-23-17-25-24(4-5-28(25)31-18-23)22-8-13-35-29(16-22)26(19-32-35)30(36)21-9-14-37-15-10-21/h4,8,13,16-21,33H,1,5-7,9-12,14-15H2,2H3. The summed E-state index contributed by atoms with van der Waals surface area (Å²) in [5.74, 6) is 0.612. The van der Waals surface area contributed by atoms with Gasteiger partial charge in [0.25, 0.3) is 0 Å². The van der Waals surface area contributed by atoms with Crippen LogP contribution in [-0.2, 0) is 11.2 Å². The molecule has 6 rings (SSSR count). The zero-order valence-electron chi connectivity index (χ0n) is 21.4. The SMILES string of the molecule is C=C=C(Nc1cnc2c(c1)C(c1ccn3ncc(C(=O)C4CCOCC4)c3c1)=CC2)C1CCN(C)CC1. The summed E-state index contributed by atoms with van der Waals surface area (Å²) < 4.78 is 7.25. The van der Waals surface area contributed by atoms with Crippen molar-refractivity contribution in [2.75, 3.05) is 38.7 Å². The first-order valence-electron chi connectivity index (χ1n) is 13.3. The second kappa shape index (κ2) is 10.1. The predicted octanol–water partition coefficient (Wildman–Crippen LogP) is 4.75. The second-order valence-electron chi connectivity index (χ2n) is 10.4. The number of anilines is 1. The van der Waals surface area contributed by atoms with Gasteiger partial charge in [0.2, 0.25) is 0 Å². The van der Waals surface area contributed by atoms with Crippen LogP contribution in [0.2, 0.25) is 0 Å². The van der Waals surface area contributed by atoms with E-state index in [1.165, 1.54) is 0 Å². The van der Waals surface area contributed by atoms with Gasteiger partial charge >= 0.3 is 0 Å². The van der Waals surface area contributed by atoms with Crippen LogP contribution in [0.5, 0.6) is 0 Å². The smallest absolute Gasteiger partial charge is 0.169 e. The molecule has 0 aromatic carbocycles. The summed E-state index contributed by atoms with van der Waals surface area (Å²) in [5, 5.41) is 8.02. The van der Waals surface area contributed by atoms with Crippen molar-refractivity contribution in [2.45, 2.75) is 32.1 Å². The number of rotatable bonds is 6. The molecule has 7 heteroatoms. The monoisotopic (exact) mass is 495 g/mol. The lowest BCUT2D eigenvalue weighted by Crippen LogP contribution is -2.32. The van der Waals surface area contributed by atoms with Crippen LogP contribution in [0.25, 0.3) is 11.1 Å². The summed E-state index contributed by atoms with van der Waals surface area (Å²) >= 11 is 0. The Morgan fingerprint density at radius 1 is 1.14 bits per heavy atom. The van der Waals surface area contributed by atoms with E-state index in [9.17, 15) is 4.79 Å². The van der Waals surface area contributed by atoms with E-state index in [1.54, 1.807) is 10.7 Å². The van der Waals surface area contributed by atoms with Crippen molar-refractivity contribution in [3.05, 3.63) is 83.3 Å². The molecule has 0 radical (unpaired) electrons. The second-order valence-corrected chi connectivity index (χ2v) is 10.4. The van der Waals surface area contributed by atoms with E-state index in [0.717, 1.165) is 84.5 Å². The molecule has 0 spiro atoms. The molecule has 1 aliphatic carbocycles. The number of allylic oxidation sites excluding steroid dienone is 2. The molecule has 0 bridgehead atoms. The van der Waals surface area contributed by atoms with Gasteiger partial charge in [-0.1, -0.05) is 12.7 Å². The topological polar surface area (TPSA) is 71.8 Å². The van der Waals surface area contributed by atoms with E-state index in [4.69, 9.17) is 9.72 Å². The van der Waals surface area contributed by atoms with Crippen LogP contribution in [-0.4, -0.2) is 58.6 Å². The quantitative estimate of drug-likeness (QED) is 0.393. The minimum atomic E-state index is 0.00587. The molecule has 7 nitrogen and oxygen atoms in total. The molecule has 2 saturated heterocycles. The molecule has 3 aliphatic rings. The highest BCUT2D eigenvalue weighted by molar-refractivity contribution is 6.04. The summed E-state index contributed by atoms with van der Waals surface area (Å²) in [6.07, 6.45) is 12.3. The molecule has 37 heavy (non-hydrogen) atoms. The third kappa shape index (κ3) is 4.66. The molecule has 5 heterocycles. The number of nitrogens with one attached hydrogen (secondary N) is 1. The average Bonchev–Trinajstić information content (AvgIpc) is 3.56. The number of nitrogens with zero attached hydrogens (tertiary/aromatic N) is 4. The molecule has 0 atom stereocenters. The highest BCUT2D eigenvalue weighted by Crippen LogP contribution is 2.35. The zero-order chi connectivity index (χ0) is 25.4. The lowest BCUT2D eigenvalue weighted by Gasteiger charge is -2.30. The van der Waals surface area contributed by atoms with Crippen LogP contribution in [0.1, 0.15) is 52.9 Å². The molecule has 3 aromatic heterocycles. The molecule has 0 saturated carbocycles. The van der Waals surface area contributed by atoms with Crippen molar-refractivity contribution in [3.8, 4) is 0 Å². The fraction of sp³-hybridized carbons (Fsp3) is 0.400. The predicted molar refractivity (Wildman–Crippen MR) is 145 cm³/mol. The number of likely N-dealkylation sites (tertiary alicyclic amines) is 1. The normalized spacial score (nSPS) is 18.9. The largest absolute Gasteiger partial charge is 0.381 e. The van der Waals surface area contributed by atoms with Crippen molar-refractivity contribution in [2.24, 2.45) is 11.8 Å². The molecule has 2 fully saturated rings. The minimum Gasteiger partial charge on any atom is -0.381 e. The first-order valence-corrected chi connectivity index (χ1v) is 13.3. The van der Waals surface area contributed by atoms with Gasteiger partial charge in [-0.25, -0.2) is 4.52 Å². The first kappa shape index (κ1) is 23.9. The van der Waals surface area contributed by atoms with Crippen LogP contribution in [0.15, 0.2) is 60.9 Å². The van der Waals surface area contributed by atoms with Crippen LogP contribution >= 0.6 is 0 Å². The number of aromatic nitrogens is 3. The van der Waals surface area contributed by atoms with Gasteiger partial charge < -0.3 is 15.0 Å². The lowest BCUT2D eigenvalue weighted by atomic mass is 9.91. The number of Topliss-reactive ketones (excluding diaryl/α,β-unsaturated/α-hetero) is 1. The van der Waals surface area contributed by atoms with E-state index in [-0.39, 0.29) is 11.7 Å². The van der Waals surface area contributed by atoms with Crippen LogP contribution < -0.4 is 5.32 Å². The van der Waals surface area contributed by atoms with Crippen LogP contribution in [0.3, 0.4) is 0 Å². The highest BCUT2D eigenvalue weighted by atomic mass is 16.5. The van der Waals surface area contributed by atoms with Crippen LogP contribution in [0.4, 0.5) is 5.69 Å². The van der Waals surface area contributed by atoms with E-state index in [2.05, 4.69) is 58.9 Å². The molecule has 190 valence electrons. The number of ketones is 1. The van der Waals surface area contributed by atoms with Crippen molar-refractivity contribution >= 4 is 22.6 Å². The Morgan fingerprint density at radius 2 is 1.95 bits per heavy atom. The molecule has 0 unspecified atom stereocenters. The van der Waals surface area contributed by atoms with E-state index >= 15 is 0 Å². The fourth-order valence-corrected chi connectivity index (χ4v) is 5.80. The summed E-state index contributed by atoms with van der Waals surface area (Å²) in [4.78, 5) is 20.4. The van der Waals surface area contributed by atoms with Crippen molar-refractivity contribution < 1.29 is 9.53 Å². The number of hydrogen-bond donors (Lipinski definition) is 1. The number of carbonyl (C=O) groups is 1.